The highest BCUT2D eigenvalue weighted by Crippen LogP contribution is 2.25. The van der Waals surface area contributed by atoms with Gasteiger partial charge in [-0.1, -0.05) is 0 Å². The lowest BCUT2D eigenvalue weighted by molar-refractivity contribution is 0.0933. The number of nitrogens with zero attached hydrogens (tertiary/aromatic N) is 1. The molecule has 1 saturated carbocycles. The fraction of sp³-hybridized carbons (Fsp3) is 0.455. The van der Waals surface area contributed by atoms with Crippen LogP contribution < -0.4 is 5.32 Å². The third-order valence-corrected chi connectivity index (χ3v) is 4.62. The average molecular weight is 346 g/mol. The second-order valence-electron chi connectivity index (χ2n) is 3.89. The summed E-state index contributed by atoms with van der Waals surface area (Å²) >= 11 is 3.75. The van der Waals surface area contributed by atoms with E-state index >= 15 is 0 Å². The molecule has 0 aliphatic heterocycles. The molecule has 0 spiro atoms. The highest BCUT2D eigenvalue weighted by atomic mass is 127. The lowest BCUT2D eigenvalue weighted by Crippen LogP contribution is -2.36. The first-order valence-corrected chi connectivity index (χ1v) is 7.11. The van der Waals surface area contributed by atoms with E-state index in [1.165, 1.54) is 0 Å². The van der Waals surface area contributed by atoms with Crippen molar-refractivity contribution < 1.29 is 4.79 Å². The van der Waals surface area contributed by atoms with Gasteiger partial charge in [0, 0.05) is 11.4 Å². The van der Waals surface area contributed by atoms with Crippen LogP contribution in [0.25, 0.3) is 0 Å². The number of nitriles is 1. The second-order valence-corrected chi connectivity index (χ2v) is 6.69. The zero-order valence-corrected chi connectivity index (χ0v) is 11.5. The number of hydrogen-bond donors (Lipinski definition) is 1. The molecule has 3 nitrogen and oxygen atoms in total. The van der Waals surface area contributed by atoms with E-state index in [1.54, 1.807) is 11.3 Å². The minimum atomic E-state index is -0.0497. The largest absolute Gasteiger partial charge is 0.348 e. The summed E-state index contributed by atoms with van der Waals surface area (Å²) in [5.41, 5.74) is 0.706. The Morgan fingerprint density at radius 1 is 1.62 bits per heavy atom. The topological polar surface area (TPSA) is 52.9 Å². The van der Waals surface area contributed by atoms with E-state index in [0.29, 0.717) is 5.56 Å². The molecule has 1 aromatic heterocycles. The molecule has 1 aromatic rings. The Morgan fingerprint density at radius 2 is 2.44 bits per heavy atom. The predicted molar refractivity (Wildman–Crippen MR) is 71.2 cm³/mol. The van der Waals surface area contributed by atoms with Crippen LogP contribution in [0.4, 0.5) is 0 Å². The van der Waals surface area contributed by atoms with E-state index in [0.717, 1.165) is 22.1 Å². The van der Waals surface area contributed by atoms with Crippen molar-refractivity contribution in [1.82, 2.24) is 5.32 Å². The minimum absolute atomic E-state index is 0.0124. The smallest absolute Gasteiger partial charge is 0.252 e. The van der Waals surface area contributed by atoms with Gasteiger partial charge in [0.2, 0.25) is 0 Å². The number of nitrogens with one attached hydrogen (secondary N) is 1. The van der Waals surface area contributed by atoms with Crippen molar-refractivity contribution in [1.29, 1.82) is 5.26 Å². The zero-order valence-electron chi connectivity index (χ0n) is 8.57. The van der Waals surface area contributed by atoms with Gasteiger partial charge in [0.25, 0.3) is 5.91 Å². The van der Waals surface area contributed by atoms with E-state index in [-0.39, 0.29) is 17.9 Å². The van der Waals surface area contributed by atoms with E-state index in [1.807, 2.05) is 11.4 Å². The number of hydrogen-bond acceptors (Lipinski definition) is 3. The van der Waals surface area contributed by atoms with Gasteiger partial charge >= 0.3 is 0 Å². The number of thiophene rings is 1. The lowest BCUT2D eigenvalue weighted by atomic mass is 10.1. The van der Waals surface area contributed by atoms with Crippen LogP contribution in [-0.2, 0) is 0 Å². The Hall–Kier alpha value is -0.610. The van der Waals surface area contributed by atoms with Crippen molar-refractivity contribution in [2.24, 2.45) is 5.92 Å². The third kappa shape index (κ3) is 2.55. The summed E-state index contributed by atoms with van der Waals surface area (Å²) in [7, 11) is 0. The van der Waals surface area contributed by atoms with Gasteiger partial charge in [-0.2, -0.15) is 5.26 Å². The van der Waals surface area contributed by atoms with E-state index < -0.39 is 0 Å². The van der Waals surface area contributed by atoms with E-state index in [4.69, 9.17) is 5.26 Å². The standard InChI is InChI=1S/C11H11IN2OS/c12-10-4-8(6-16-10)11(15)14-9-3-1-2-7(9)5-13/h4,6-7,9H,1-3H2,(H,14,15). The maximum absolute atomic E-state index is 11.9. The first-order valence-electron chi connectivity index (χ1n) is 5.15. The van der Waals surface area contributed by atoms with Crippen molar-refractivity contribution in [3.05, 3.63) is 19.9 Å². The highest BCUT2D eigenvalue weighted by Gasteiger charge is 2.28. The van der Waals surface area contributed by atoms with E-state index in [2.05, 4.69) is 34.0 Å². The first-order chi connectivity index (χ1) is 7.70. The van der Waals surface area contributed by atoms with Crippen molar-refractivity contribution in [2.75, 3.05) is 0 Å². The number of amides is 1. The molecule has 2 rings (SSSR count). The minimum Gasteiger partial charge on any atom is -0.348 e. The van der Waals surface area contributed by atoms with Gasteiger partial charge in [-0.3, -0.25) is 4.79 Å². The first kappa shape index (κ1) is 11.9. The Kier molecular flexibility index (Phi) is 3.82. The molecule has 84 valence electrons. The summed E-state index contributed by atoms with van der Waals surface area (Å²) in [6.07, 6.45) is 2.86. The van der Waals surface area contributed by atoms with Crippen molar-refractivity contribution in [3.8, 4) is 6.07 Å². The Balaban J connectivity index is 2.00. The number of rotatable bonds is 2. The summed E-state index contributed by atoms with van der Waals surface area (Å²) in [5, 5.41) is 13.7. The van der Waals surface area contributed by atoms with Crippen LogP contribution in [-0.4, -0.2) is 11.9 Å². The summed E-state index contributed by atoms with van der Waals surface area (Å²) in [5.74, 6) is -0.0621. The van der Waals surface area contributed by atoms with Gasteiger partial charge in [0.05, 0.1) is 20.4 Å². The lowest BCUT2D eigenvalue weighted by Gasteiger charge is -2.14. The maximum atomic E-state index is 11.9. The molecule has 2 unspecified atom stereocenters. The molecule has 1 fully saturated rings. The molecule has 1 aliphatic rings. The maximum Gasteiger partial charge on any atom is 0.252 e. The van der Waals surface area contributed by atoms with Crippen LogP contribution in [0.15, 0.2) is 11.4 Å². The molecule has 1 amide bonds. The van der Waals surface area contributed by atoms with Gasteiger partial charge in [-0.05, 0) is 47.9 Å². The molecule has 0 radical (unpaired) electrons. The van der Waals surface area contributed by atoms with Crippen LogP contribution in [0.3, 0.4) is 0 Å². The van der Waals surface area contributed by atoms with Crippen LogP contribution in [0, 0.1) is 20.1 Å². The zero-order chi connectivity index (χ0) is 11.5. The van der Waals surface area contributed by atoms with E-state index in [9.17, 15) is 4.79 Å². The average Bonchev–Trinajstić information content (AvgIpc) is 2.86. The molecular weight excluding hydrogens is 335 g/mol. The Morgan fingerprint density at radius 3 is 3.06 bits per heavy atom. The summed E-state index contributed by atoms with van der Waals surface area (Å²) in [4.78, 5) is 11.9. The van der Waals surface area contributed by atoms with Crippen molar-refractivity contribution in [2.45, 2.75) is 25.3 Å². The monoisotopic (exact) mass is 346 g/mol. The van der Waals surface area contributed by atoms with Crippen LogP contribution in [0.1, 0.15) is 29.6 Å². The summed E-state index contributed by atoms with van der Waals surface area (Å²) in [6, 6.07) is 4.17. The molecule has 1 N–H and O–H groups in total. The number of carbonyl (C=O) groups excluding carboxylic acids is 1. The SMILES string of the molecule is N#CC1CCCC1NC(=O)c1csc(I)c1. The van der Waals surface area contributed by atoms with Gasteiger partial charge in [-0.15, -0.1) is 11.3 Å². The fourth-order valence-corrected chi connectivity index (χ4v) is 3.29. The Bertz CT molecular complexity index is 437. The fourth-order valence-electron chi connectivity index (χ4n) is 1.97. The summed E-state index contributed by atoms with van der Waals surface area (Å²) < 4.78 is 1.10. The van der Waals surface area contributed by atoms with Gasteiger partial charge in [0.15, 0.2) is 0 Å². The quantitative estimate of drug-likeness (QED) is 0.838. The molecule has 0 bridgehead atoms. The predicted octanol–water partition coefficient (Wildman–Crippen LogP) is 2.77. The van der Waals surface area contributed by atoms with Crippen LogP contribution in [0.2, 0.25) is 0 Å². The molecule has 0 saturated heterocycles. The summed E-state index contributed by atoms with van der Waals surface area (Å²) in [6.45, 7) is 0. The van der Waals surface area contributed by atoms with Gasteiger partial charge in [-0.25, -0.2) is 0 Å². The van der Waals surface area contributed by atoms with Crippen molar-refractivity contribution in [3.63, 3.8) is 0 Å². The molecular formula is C11H11IN2OS. The van der Waals surface area contributed by atoms with Crippen molar-refractivity contribution >= 4 is 39.8 Å². The van der Waals surface area contributed by atoms with Crippen LogP contribution in [0.5, 0.6) is 0 Å². The van der Waals surface area contributed by atoms with Gasteiger partial charge in [0.1, 0.15) is 0 Å². The number of carbonyl (C=O) groups is 1. The van der Waals surface area contributed by atoms with Gasteiger partial charge < -0.3 is 5.32 Å². The molecule has 16 heavy (non-hydrogen) atoms. The second kappa shape index (κ2) is 5.15. The number of halogens is 1. The highest BCUT2D eigenvalue weighted by molar-refractivity contribution is 14.1. The third-order valence-electron chi connectivity index (χ3n) is 2.83. The van der Waals surface area contributed by atoms with Crippen LogP contribution >= 0.6 is 33.9 Å². The normalized spacial score (nSPS) is 24.0. The molecule has 1 aliphatic carbocycles. The Labute approximate surface area is 112 Å². The molecule has 2 atom stereocenters. The molecule has 1 heterocycles. The molecule has 0 aromatic carbocycles. The molecule has 5 heteroatoms.